The molecular formula is C20H19ClN4O3S. The summed E-state index contributed by atoms with van der Waals surface area (Å²) in [7, 11) is 1.59. The molecule has 3 rings (SSSR count). The van der Waals surface area contributed by atoms with Gasteiger partial charge in [-0.25, -0.2) is 4.79 Å². The lowest BCUT2D eigenvalue weighted by Crippen LogP contribution is -2.50. The maximum absolute atomic E-state index is 11.1. The van der Waals surface area contributed by atoms with Crippen LogP contribution in [-0.2, 0) is 0 Å². The number of carboxylic acid groups (broad SMARTS) is 1. The van der Waals surface area contributed by atoms with Gasteiger partial charge in [-0.05, 0) is 42.5 Å². The van der Waals surface area contributed by atoms with E-state index in [-0.39, 0.29) is 10.6 Å². The molecule has 7 nitrogen and oxygen atoms in total. The maximum atomic E-state index is 11.1. The summed E-state index contributed by atoms with van der Waals surface area (Å²) in [5, 5.41) is 21.9. The number of thiocarbonyl (C=S) groups is 1. The number of nitrogens with one attached hydrogen (secondary N) is 1. The highest BCUT2D eigenvalue weighted by molar-refractivity contribution is 7.80. The lowest BCUT2D eigenvalue weighted by Gasteiger charge is -2.37. The van der Waals surface area contributed by atoms with Gasteiger partial charge in [-0.3, -0.25) is 0 Å². The van der Waals surface area contributed by atoms with Gasteiger partial charge >= 0.3 is 5.97 Å². The number of rotatable bonds is 4. The molecule has 0 atom stereocenters. The number of hydrogen-bond donors (Lipinski definition) is 2. The molecule has 0 amide bonds. The Balaban J connectivity index is 1.62. The van der Waals surface area contributed by atoms with E-state index in [0.29, 0.717) is 35.2 Å². The molecule has 2 aromatic carbocycles. The lowest BCUT2D eigenvalue weighted by molar-refractivity contribution is 0.0697. The molecule has 0 spiro atoms. The molecular weight excluding hydrogens is 412 g/mol. The van der Waals surface area contributed by atoms with E-state index in [0.717, 1.165) is 18.8 Å². The quantitative estimate of drug-likeness (QED) is 0.713. The molecule has 9 heteroatoms. The molecule has 29 heavy (non-hydrogen) atoms. The van der Waals surface area contributed by atoms with E-state index >= 15 is 0 Å². The number of aromatic carboxylic acids is 1. The fourth-order valence-electron chi connectivity index (χ4n) is 3.13. The maximum Gasteiger partial charge on any atom is 0.337 e. The molecule has 1 aliphatic rings. The van der Waals surface area contributed by atoms with Gasteiger partial charge in [0, 0.05) is 37.9 Å². The van der Waals surface area contributed by atoms with E-state index in [1.807, 2.05) is 11.0 Å². The molecule has 0 aliphatic carbocycles. The van der Waals surface area contributed by atoms with Crippen LogP contribution in [0.2, 0.25) is 5.02 Å². The number of anilines is 2. The van der Waals surface area contributed by atoms with Crippen molar-refractivity contribution >= 4 is 46.3 Å². The van der Waals surface area contributed by atoms with Crippen LogP contribution in [0.1, 0.15) is 15.9 Å². The first-order valence-electron chi connectivity index (χ1n) is 8.85. The Hall–Kier alpha value is -3.02. The van der Waals surface area contributed by atoms with Crippen LogP contribution in [0.3, 0.4) is 0 Å². The Morgan fingerprint density at radius 3 is 2.55 bits per heavy atom. The average molecular weight is 431 g/mol. The van der Waals surface area contributed by atoms with Gasteiger partial charge in [0.2, 0.25) is 0 Å². The van der Waals surface area contributed by atoms with Crippen molar-refractivity contribution in [3.8, 4) is 11.8 Å². The second kappa shape index (κ2) is 8.99. The molecule has 0 radical (unpaired) electrons. The van der Waals surface area contributed by atoms with Gasteiger partial charge in [-0.1, -0.05) is 11.6 Å². The summed E-state index contributed by atoms with van der Waals surface area (Å²) in [4.78, 5) is 15.3. The number of nitriles is 1. The van der Waals surface area contributed by atoms with Gasteiger partial charge in [0.05, 0.1) is 35.0 Å². The normalized spacial score (nSPS) is 13.6. The van der Waals surface area contributed by atoms with Crippen LogP contribution in [0.15, 0.2) is 36.4 Å². The fraction of sp³-hybridized carbons (Fsp3) is 0.250. The Morgan fingerprint density at radius 1 is 1.24 bits per heavy atom. The highest BCUT2D eigenvalue weighted by Gasteiger charge is 2.22. The van der Waals surface area contributed by atoms with Gasteiger partial charge in [0.25, 0.3) is 0 Å². The van der Waals surface area contributed by atoms with Crippen LogP contribution in [0.25, 0.3) is 0 Å². The molecule has 2 N–H and O–H groups in total. The average Bonchev–Trinajstić information content (AvgIpc) is 2.73. The number of ether oxygens (including phenoxy) is 1. The molecule has 1 aliphatic heterocycles. The molecule has 150 valence electrons. The van der Waals surface area contributed by atoms with E-state index < -0.39 is 5.97 Å². The van der Waals surface area contributed by atoms with Gasteiger partial charge in [-0.15, -0.1) is 0 Å². The molecule has 1 saturated heterocycles. The van der Waals surface area contributed by atoms with Crippen LogP contribution in [-0.4, -0.2) is 54.4 Å². The van der Waals surface area contributed by atoms with Crippen molar-refractivity contribution in [2.45, 2.75) is 0 Å². The first-order chi connectivity index (χ1) is 13.9. The van der Waals surface area contributed by atoms with Crippen LogP contribution >= 0.6 is 23.8 Å². The Labute approximate surface area is 179 Å². The van der Waals surface area contributed by atoms with E-state index in [1.54, 1.807) is 31.4 Å². The molecule has 0 bridgehead atoms. The summed E-state index contributed by atoms with van der Waals surface area (Å²) in [6.45, 7) is 2.89. The van der Waals surface area contributed by atoms with Crippen molar-refractivity contribution in [3.63, 3.8) is 0 Å². The number of benzene rings is 2. The van der Waals surface area contributed by atoms with Crippen molar-refractivity contribution in [1.29, 1.82) is 5.26 Å². The van der Waals surface area contributed by atoms with Crippen molar-refractivity contribution in [2.75, 3.05) is 43.5 Å². The number of piperazine rings is 1. The number of carbonyl (C=O) groups is 1. The van der Waals surface area contributed by atoms with Crippen LogP contribution in [0.4, 0.5) is 11.4 Å². The SMILES string of the molecule is COc1cc(C#N)ccc1N1CCN(C(=S)Nc2ccc(C(=O)O)c(Cl)c2)CC1. The minimum Gasteiger partial charge on any atom is -0.495 e. The minimum absolute atomic E-state index is 0.0492. The van der Waals surface area contributed by atoms with Crippen molar-refractivity contribution < 1.29 is 14.6 Å². The van der Waals surface area contributed by atoms with E-state index in [2.05, 4.69) is 16.3 Å². The Kier molecular flexibility index (Phi) is 6.42. The van der Waals surface area contributed by atoms with Gasteiger partial charge in [0.1, 0.15) is 5.75 Å². The fourth-order valence-corrected chi connectivity index (χ4v) is 3.69. The third-order valence-corrected chi connectivity index (χ3v) is 5.34. The summed E-state index contributed by atoms with van der Waals surface area (Å²) in [5.74, 6) is -0.398. The summed E-state index contributed by atoms with van der Waals surface area (Å²) in [5.41, 5.74) is 2.19. The second-order valence-electron chi connectivity index (χ2n) is 6.40. The van der Waals surface area contributed by atoms with Gasteiger partial charge in [0.15, 0.2) is 5.11 Å². The van der Waals surface area contributed by atoms with E-state index in [4.69, 9.17) is 38.9 Å². The minimum atomic E-state index is -1.07. The molecule has 1 fully saturated rings. The molecule has 0 unspecified atom stereocenters. The molecule has 0 aromatic heterocycles. The number of halogens is 1. The first kappa shape index (κ1) is 20.7. The zero-order chi connectivity index (χ0) is 21.0. The van der Waals surface area contributed by atoms with Crippen LogP contribution in [0, 0.1) is 11.3 Å². The van der Waals surface area contributed by atoms with E-state index in [9.17, 15) is 4.79 Å². The molecule has 2 aromatic rings. The Bertz CT molecular complexity index is 984. The number of carboxylic acids is 1. The third-order valence-electron chi connectivity index (χ3n) is 4.67. The lowest BCUT2D eigenvalue weighted by atomic mass is 10.1. The summed E-state index contributed by atoms with van der Waals surface area (Å²) >= 11 is 11.5. The van der Waals surface area contributed by atoms with Crippen molar-refractivity contribution in [2.24, 2.45) is 0 Å². The smallest absolute Gasteiger partial charge is 0.337 e. The largest absolute Gasteiger partial charge is 0.495 e. The highest BCUT2D eigenvalue weighted by Crippen LogP contribution is 2.30. The topological polar surface area (TPSA) is 88.8 Å². The van der Waals surface area contributed by atoms with Crippen LogP contribution < -0.4 is 15.0 Å². The van der Waals surface area contributed by atoms with Gasteiger partial charge < -0.3 is 25.0 Å². The molecule has 0 saturated carbocycles. The summed E-state index contributed by atoms with van der Waals surface area (Å²) in [6, 6.07) is 12.2. The standard InChI is InChI=1S/C20H19ClN4O3S/c1-28-18-10-13(12-22)2-5-17(18)24-6-8-25(9-7-24)20(29)23-14-3-4-15(19(26)27)16(21)11-14/h2-5,10-11H,6-9H2,1H3,(H,23,29)(H,26,27). The number of methoxy groups -OCH3 is 1. The summed E-state index contributed by atoms with van der Waals surface area (Å²) < 4.78 is 5.43. The zero-order valence-corrected chi connectivity index (χ0v) is 17.3. The Morgan fingerprint density at radius 2 is 1.97 bits per heavy atom. The van der Waals surface area contributed by atoms with E-state index in [1.165, 1.54) is 6.07 Å². The second-order valence-corrected chi connectivity index (χ2v) is 7.20. The monoisotopic (exact) mass is 430 g/mol. The van der Waals surface area contributed by atoms with Crippen molar-refractivity contribution in [3.05, 3.63) is 52.5 Å². The zero-order valence-electron chi connectivity index (χ0n) is 15.7. The summed E-state index contributed by atoms with van der Waals surface area (Å²) in [6.07, 6.45) is 0. The first-order valence-corrected chi connectivity index (χ1v) is 9.63. The van der Waals surface area contributed by atoms with Crippen molar-refractivity contribution in [1.82, 2.24) is 4.90 Å². The highest BCUT2D eigenvalue weighted by atomic mass is 35.5. The third kappa shape index (κ3) is 4.70. The predicted octanol–water partition coefficient (Wildman–Crippen LogP) is 3.44. The molecule has 1 heterocycles. The van der Waals surface area contributed by atoms with Gasteiger partial charge in [-0.2, -0.15) is 5.26 Å². The predicted molar refractivity (Wildman–Crippen MR) is 116 cm³/mol. The van der Waals surface area contributed by atoms with Crippen LogP contribution in [0.5, 0.6) is 5.75 Å². The number of hydrogen-bond acceptors (Lipinski definition) is 5. The number of nitrogens with zero attached hydrogens (tertiary/aromatic N) is 3.